The van der Waals surface area contributed by atoms with E-state index in [0.29, 0.717) is 6.42 Å². The fraction of sp³-hybridized carbons (Fsp3) is 0.286. The quantitative estimate of drug-likeness (QED) is 0.326. The monoisotopic (exact) mass is 126 g/mol. The fourth-order valence-electron chi connectivity index (χ4n) is 0.254. The van der Waals surface area contributed by atoms with E-state index in [1.165, 1.54) is 6.26 Å². The molecular weight excluding hydrogens is 116 g/mol. The van der Waals surface area contributed by atoms with Crippen LogP contribution < -0.4 is 0 Å². The van der Waals surface area contributed by atoms with E-state index in [0.717, 1.165) is 0 Å². The van der Waals surface area contributed by atoms with Crippen LogP contribution in [0, 0.1) is 0 Å². The Hall–Kier alpha value is -1.05. The normalized spacial score (nSPS) is 9.44. The van der Waals surface area contributed by atoms with Crippen LogP contribution in [0.1, 0.15) is 13.3 Å². The smallest absolute Gasteiger partial charge is 0.310 e. The van der Waals surface area contributed by atoms with E-state index in [4.69, 9.17) is 0 Å². The second-order valence-corrected chi connectivity index (χ2v) is 1.41. The highest BCUT2D eigenvalue weighted by molar-refractivity contribution is 5.69. The number of carbonyl (C=O) groups is 1. The molecule has 0 aromatic rings. The summed E-state index contributed by atoms with van der Waals surface area (Å²) in [6.07, 6.45) is 4.83. The molecule has 0 atom stereocenters. The highest BCUT2D eigenvalue weighted by Crippen LogP contribution is 1.84. The van der Waals surface area contributed by atoms with Gasteiger partial charge in [0.1, 0.15) is 0 Å². The van der Waals surface area contributed by atoms with E-state index in [2.05, 4.69) is 11.3 Å². The molecule has 9 heavy (non-hydrogen) atoms. The van der Waals surface area contributed by atoms with Crippen LogP contribution in [0.3, 0.4) is 0 Å². The Balaban J connectivity index is 3.37. The van der Waals surface area contributed by atoms with Crippen LogP contribution in [0.15, 0.2) is 25.0 Å². The number of hydrogen-bond acceptors (Lipinski definition) is 2. The minimum absolute atomic E-state index is 0.229. The summed E-state index contributed by atoms with van der Waals surface area (Å²) in [4.78, 5) is 10.4. The molecule has 0 aliphatic carbocycles. The average molecular weight is 126 g/mol. The van der Waals surface area contributed by atoms with Gasteiger partial charge in [0.2, 0.25) is 0 Å². The van der Waals surface area contributed by atoms with Crippen molar-refractivity contribution in [2.75, 3.05) is 0 Å². The van der Waals surface area contributed by atoms with Crippen molar-refractivity contribution in [3.05, 3.63) is 25.0 Å². The van der Waals surface area contributed by atoms with Crippen molar-refractivity contribution in [2.45, 2.75) is 13.3 Å². The molecule has 0 saturated heterocycles. The lowest BCUT2D eigenvalue weighted by Crippen LogP contribution is -1.94. The summed E-state index contributed by atoms with van der Waals surface area (Å²) in [5.74, 6) is -0.229. The number of allylic oxidation sites excluding steroid dienone is 2. The largest absolute Gasteiger partial charge is 0.434 e. The highest BCUT2D eigenvalue weighted by atomic mass is 16.5. The van der Waals surface area contributed by atoms with Crippen LogP contribution in [0.2, 0.25) is 0 Å². The molecule has 0 unspecified atom stereocenters. The SMILES string of the molecule is C=CC=COC(=O)CC. The van der Waals surface area contributed by atoms with E-state index in [-0.39, 0.29) is 5.97 Å². The fourth-order valence-corrected chi connectivity index (χ4v) is 0.254. The molecule has 0 spiro atoms. The molecule has 0 heterocycles. The third kappa shape index (κ3) is 4.81. The summed E-state index contributed by atoms with van der Waals surface area (Å²) >= 11 is 0. The van der Waals surface area contributed by atoms with Gasteiger partial charge in [-0.2, -0.15) is 0 Å². The molecule has 0 bridgehead atoms. The van der Waals surface area contributed by atoms with Gasteiger partial charge >= 0.3 is 5.97 Å². The number of rotatable bonds is 3. The van der Waals surface area contributed by atoms with Crippen LogP contribution in [0.5, 0.6) is 0 Å². The maximum atomic E-state index is 10.4. The first-order valence-corrected chi connectivity index (χ1v) is 2.78. The molecule has 0 rings (SSSR count). The van der Waals surface area contributed by atoms with Crippen LogP contribution >= 0.6 is 0 Å². The lowest BCUT2D eigenvalue weighted by molar-refractivity contribution is -0.137. The van der Waals surface area contributed by atoms with E-state index in [1.807, 2.05) is 0 Å². The molecule has 0 aromatic carbocycles. The van der Waals surface area contributed by atoms with E-state index in [1.54, 1.807) is 19.1 Å². The third-order valence-electron chi connectivity index (χ3n) is 0.703. The van der Waals surface area contributed by atoms with Gasteiger partial charge < -0.3 is 4.74 Å². The second kappa shape index (κ2) is 5.09. The van der Waals surface area contributed by atoms with Gasteiger partial charge in [0.25, 0.3) is 0 Å². The lowest BCUT2D eigenvalue weighted by Gasteiger charge is -1.90. The molecule has 0 N–H and O–H groups in total. The van der Waals surface area contributed by atoms with Gasteiger partial charge in [-0.3, -0.25) is 4.79 Å². The Morgan fingerprint density at radius 2 is 2.44 bits per heavy atom. The molecule has 0 amide bonds. The van der Waals surface area contributed by atoms with Crippen molar-refractivity contribution in [3.8, 4) is 0 Å². The van der Waals surface area contributed by atoms with Crippen molar-refractivity contribution in [3.63, 3.8) is 0 Å². The summed E-state index contributed by atoms with van der Waals surface area (Å²) in [6, 6.07) is 0. The second-order valence-electron chi connectivity index (χ2n) is 1.41. The zero-order valence-electron chi connectivity index (χ0n) is 5.46. The van der Waals surface area contributed by atoms with Crippen LogP contribution in [-0.4, -0.2) is 5.97 Å². The van der Waals surface area contributed by atoms with Gasteiger partial charge in [-0.1, -0.05) is 19.6 Å². The predicted octanol–water partition coefficient (Wildman–Crippen LogP) is 1.64. The van der Waals surface area contributed by atoms with Crippen molar-refractivity contribution in [2.24, 2.45) is 0 Å². The number of carbonyl (C=O) groups excluding carboxylic acids is 1. The minimum atomic E-state index is -0.229. The Labute approximate surface area is 54.8 Å². The van der Waals surface area contributed by atoms with Crippen molar-refractivity contribution in [1.29, 1.82) is 0 Å². The van der Waals surface area contributed by atoms with Gasteiger partial charge in [-0.15, -0.1) is 0 Å². The molecule has 0 saturated carbocycles. The zero-order valence-corrected chi connectivity index (χ0v) is 5.46. The van der Waals surface area contributed by atoms with E-state index < -0.39 is 0 Å². The maximum absolute atomic E-state index is 10.4. The molecule has 0 aliphatic heterocycles. The van der Waals surface area contributed by atoms with Gasteiger partial charge in [-0.05, 0) is 6.08 Å². The van der Waals surface area contributed by atoms with Gasteiger partial charge in [-0.25, -0.2) is 0 Å². The van der Waals surface area contributed by atoms with E-state index >= 15 is 0 Å². The maximum Gasteiger partial charge on any atom is 0.310 e. The summed E-state index contributed by atoms with van der Waals surface area (Å²) in [5.41, 5.74) is 0. The van der Waals surface area contributed by atoms with Gasteiger partial charge in [0.05, 0.1) is 6.26 Å². The molecular formula is C7H10O2. The van der Waals surface area contributed by atoms with Crippen molar-refractivity contribution in [1.82, 2.24) is 0 Å². The summed E-state index contributed by atoms with van der Waals surface area (Å²) < 4.78 is 4.54. The van der Waals surface area contributed by atoms with Crippen LogP contribution in [-0.2, 0) is 9.53 Å². The third-order valence-corrected chi connectivity index (χ3v) is 0.703. The number of hydrogen-bond donors (Lipinski definition) is 0. The van der Waals surface area contributed by atoms with Gasteiger partial charge in [0, 0.05) is 6.42 Å². The summed E-state index contributed by atoms with van der Waals surface area (Å²) in [5, 5.41) is 0. The highest BCUT2D eigenvalue weighted by Gasteiger charge is 1.90. The topological polar surface area (TPSA) is 26.3 Å². The average Bonchev–Trinajstić information content (AvgIpc) is 1.89. The summed E-state index contributed by atoms with van der Waals surface area (Å²) in [6.45, 7) is 5.15. The molecule has 2 nitrogen and oxygen atoms in total. The first-order chi connectivity index (χ1) is 4.31. The minimum Gasteiger partial charge on any atom is -0.434 e. The van der Waals surface area contributed by atoms with Crippen molar-refractivity contribution >= 4 is 5.97 Å². The first kappa shape index (κ1) is 7.95. The number of esters is 1. The van der Waals surface area contributed by atoms with Crippen LogP contribution in [0.25, 0.3) is 0 Å². The predicted molar refractivity (Wildman–Crippen MR) is 35.7 cm³/mol. The Morgan fingerprint density at radius 1 is 1.78 bits per heavy atom. The molecule has 0 aromatic heterocycles. The van der Waals surface area contributed by atoms with Crippen molar-refractivity contribution < 1.29 is 9.53 Å². The molecule has 50 valence electrons. The Bertz CT molecular complexity index is 125. The standard InChI is InChI=1S/C7H10O2/c1-3-5-6-9-7(8)4-2/h3,5-6H,1,4H2,2H3. The summed E-state index contributed by atoms with van der Waals surface area (Å²) in [7, 11) is 0. The molecule has 0 aliphatic rings. The van der Waals surface area contributed by atoms with Crippen LogP contribution in [0.4, 0.5) is 0 Å². The van der Waals surface area contributed by atoms with E-state index in [9.17, 15) is 4.79 Å². The first-order valence-electron chi connectivity index (χ1n) is 2.78. The Morgan fingerprint density at radius 3 is 2.89 bits per heavy atom. The molecule has 0 fully saturated rings. The molecule has 0 radical (unpaired) electrons. The number of ether oxygens (including phenoxy) is 1. The lowest BCUT2D eigenvalue weighted by atomic mass is 10.5. The molecule has 2 heteroatoms. The Kier molecular flexibility index (Phi) is 4.50. The zero-order chi connectivity index (χ0) is 7.11. The van der Waals surface area contributed by atoms with Gasteiger partial charge in [0.15, 0.2) is 0 Å².